The zero-order valence-electron chi connectivity index (χ0n) is 13.7. The molecule has 1 amide bonds. The summed E-state index contributed by atoms with van der Waals surface area (Å²) < 4.78 is 13.2. The van der Waals surface area contributed by atoms with Crippen LogP contribution in [0.1, 0.15) is 38.7 Å². The topological polar surface area (TPSA) is 57.6 Å². The quantitative estimate of drug-likeness (QED) is 0.800. The highest BCUT2D eigenvalue weighted by atomic mass is 19.1. The van der Waals surface area contributed by atoms with Gasteiger partial charge in [0, 0.05) is 18.5 Å². The van der Waals surface area contributed by atoms with Crippen LogP contribution in [-0.2, 0) is 16.0 Å². The Morgan fingerprint density at radius 2 is 2.00 bits per heavy atom. The van der Waals surface area contributed by atoms with Crippen molar-refractivity contribution in [1.82, 2.24) is 4.90 Å². The number of aryl methyl sites for hydroxylation is 1. The molecule has 0 aromatic heterocycles. The van der Waals surface area contributed by atoms with E-state index in [1.807, 2.05) is 13.0 Å². The van der Waals surface area contributed by atoms with Gasteiger partial charge in [-0.25, -0.2) is 4.39 Å². The van der Waals surface area contributed by atoms with Crippen molar-refractivity contribution in [2.24, 2.45) is 11.8 Å². The lowest BCUT2D eigenvalue weighted by atomic mass is 9.99. The average Bonchev–Trinajstić information content (AvgIpc) is 3.34. The second-order valence-electron chi connectivity index (χ2n) is 6.53. The Kier molecular flexibility index (Phi) is 5.74. The van der Waals surface area contributed by atoms with Gasteiger partial charge in [0.15, 0.2) is 0 Å². The summed E-state index contributed by atoms with van der Waals surface area (Å²) in [7, 11) is 0. The number of amides is 1. The van der Waals surface area contributed by atoms with E-state index in [2.05, 4.69) is 0 Å². The first kappa shape index (κ1) is 17.4. The van der Waals surface area contributed by atoms with Gasteiger partial charge in [-0.05, 0) is 43.4 Å². The van der Waals surface area contributed by atoms with Crippen LogP contribution < -0.4 is 0 Å². The highest BCUT2D eigenvalue weighted by Gasteiger charge is 2.36. The lowest BCUT2D eigenvalue weighted by Crippen LogP contribution is -2.41. The number of aliphatic carboxylic acids is 1. The number of rotatable bonds is 8. The first-order chi connectivity index (χ1) is 10.9. The minimum Gasteiger partial charge on any atom is -0.481 e. The fraction of sp³-hybridized carbons (Fsp3) is 0.556. The first-order valence-electron chi connectivity index (χ1n) is 8.16. The van der Waals surface area contributed by atoms with E-state index in [4.69, 9.17) is 5.11 Å². The zero-order chi connectivity index (χ0) is 17.0. The second-order valence-corrected chi connectivity index (χ2v) is 6.53. The van der Waals surface area contributed by atoms with Crippen molar-refractivity contribution in [2.75, 3.05) is 6.54 Å². The zero-order valence-corrected chi connectivity index (χ0v) is 13.7. The van der Waals surface area contributed by atoms with Crippen LogP contribution in [0.15, 0.2) is 24.3 Å². The highest BCUT2D eigenvalue weighted by molar-refractivity contribution is 5.80. The molecule has 1 fully saturated rings. The van der Waals surface area contributed by atoms with Crippen LogP contribution in [-0.4, -0.2) is 34.5 Å². The number of carboxylic acid groups (broad SMARTS) is 1. The van der Waals surface area contributed by atoms with Crippen LogP contribution in [0.5, 0.6) is 0 Å². The Morgan fingerprint density at radius 1 is 1.30 bits per heavy atom. The number of hydrogen-bond donors (Lipinski definition) is 1. The van der Waals surface area contributed by atoms with Crippen LogP contribution in [0.4, 0.5) is 4.39 Å². The van der Waals surface area contributed by atoms with Crippen molar-refractivity contribution in [3.8, 4) is 0 Å². The van der Waals surface area contributed by atoms with Gasteiger partial charge in [-0.1, -0.05) is 26.0 Å². The van der Waals surface area contributed by atoms with Gasteiger partial charge in [-0.3, -0.25) is 9.59 Å². The molecule has 4 nitrogen and oxygen atoms in total. The molecule has 23 heavy (non-hydrogen) atoms. The third kappa shape index (κ3) is 5.05. The van der Waals surface area contributed by atoms with Gasteiger partial charge in [0.1, 0.15) is 5.82 Å². The summed E-state index contributed by atoms with van der Waals surface area (Å²) in [5.74, 6) is -1.89. The number of benzene rings is 1. The SMILES string of the molecule is CC(CN(C(=O)C(C)CCc1cccc(F)c1)C1CC1)C(=O)O. The minimum atomic E-state index is -0.879. The summed E-state index contributed by atoms with van der Waals surface area (Å²) in [5, 5.41) is 9.06. The van der Waals surface area contributed by atoms with E-state index in [0.717, 1.165) is 18.4 Å². The third-order valence-electron chi connectivity index (χ3n) is 4.34. The number of hydrogen-bond acceptors (Lipinski definition) is 2. The molecule has 0 heterocycles. The summed E-state index contributed by atoms with van der Waals surface area (Å²) in [4.78, 5) is 25.4. The van der Waals surface area contributed by atoms with E-state index in [0.29, 0.717) is 12.8 Å². The predicted octanol–water partition coefficient (Wildman–Crippen LogP) is 3.11. The molecule has 0 aliphatic heterocycles. The highest BCUT2D eigenvalue weighted by Crippen LogP contribution is 2.29. The Morgan fingerprint density at radius 3 is 2.57 bits per heavy atom. The molecule has 2 atom stereocenters. The molecule has 2 unspecified atom stereocenters. The monoisotopic (exact) mass is 321 g/mol. The predicted molar refractivity (Wildman–Crippen MR) is 85.4 cm³/mol. The van der Waals surface area contributed by atoms with Crippen molar-refractivity contribution >= 4 is 11.9 Å². The van der Waals surface area contributed by atoms with Crippen molar-refractivity contribution in [3.05, 3.63) is 35.6 Å². The number of carbonyl (C=O) groups excluding carboxylic acids is 1. The molecule has 1 aromatic carbocycles. The molecule has 0 saturated heterocycles. The molecule has 2 rings (SSSR count). The van der Waals surface area contributed by atoms with Crippen molar-refractivity contribution < 1.29 is 19.1 Å². The van der Waals surface area contributed by atoms with Gasteiger partial charge in [-0.2, -0.15) is 0 Å². The molecule has 5 heteroatoms. The second kappa shape index (κ2) is 7.57. The van der Waals surface area contributed by atoms with E-state index >= 15 is 0 Å². The lowest BCUT2D eigenvalue weighted by molar-refractivity contribution is -0.144. The lowest BCUT2D eigenvalue weighted by Gasteiger charge is -2.27. The van der Waals surface area contributed by atoms with E-state index in [9.17, 15) is 14.0 Å². The largest absolute Gasteiger partial charge is 0.481 e. The number of carbonyl (C=O) groups is 2. The van der Waals surface area contributed by atoms with Crippen LogP contribution in [0.2, 0.25) is 0 Å². The molecule has 0 radical (unpaired) electrons. The standard InChI is InChI=1S/C18H24FNO3/c1-12(6-7-14-4-3-5-15(19)10-14)17(21)20(16-8-9-16)11-13(2)18(22)23/h3-5,10,12-13,16H,6-9,11H2,1-2H3,(H,22,23). The van der Waals surface area contributed by atoms with Crippen LogP contribution >= 0.6 is 0 Å². The maximum atomic E-state index is 13.2. The fourth-order valence-electron chi connectivity index (χ4n) is 2.66. The Hall–Kier alpha value is -1.91. The van der Waals surface area contributed by atoms with E-state index in [1.165, 1.54) is 12.1 Å². The van der Waals surface area contributed by atoms with Crippen LogP contribution in [0.3, 0.4) is 0 Å². The van der Waals surface area contributed by atoms with Gasteiger partial charge in [0.2, 0.25) is 5.91 Å². The van der Waals surface area contributed by atoms with E-state index in [1.54, 1.807) is 17.9 Å². The third-order valence-corrected chi connectivity index (χ3v) is 4.34. The summed E-state index contributed by atoms with van der Waals surface area (Å²) in [5.41, 5.74) is 0.876. The maximum Gasteiger partial charge on any atom is 0.308 e. The molecule has 1 aromatic rings. The summed E-state index contributed by atoms with van der Waals surface area (Å²) >= 11 is 0. The molecule has 126 valence electrons. The summed E-state index contributed by atoms with van der Waals surface area (Å²) in [6.07, 6.45) is 3.17. The first-order valence-corrected chi connectivity index (χ1v) is 8.16. The van der Waals surface area contributed by atoms with E-state index in [-0.39, 0.29) is 30.2 Å². The van der Waals surface area contributed by atoms with Gasteiger partial charge < -0.3 is 10.0 Å². The molecular formula is C18H24FNO3. The Labute approximate surface area is 136 Å². The normalized spacial score (nSPS) is 16.7. The number of halogens is 1. The maximum absolute atomic E-state index is 13.2. The van der Waals surface area contributed by atoms with Crippen molar-refractivity contribution in [1.29, 1.82) is 0 Å². The molecular weight excluding hydrogens is 297 g/mol. The molecule has 1 saturated carbocycles. The summed E-state index contributed by atoms with van der Waals surface area (Å²) in [6.45, 7) is 3.76. The molecule has 1 aliphatic carbocycles. The van der Waals surface area contributed by atoms with Gasteiger partial charge in [0.25, 0.3) is 0 Å². The van der Waals surface area contributed by atoms with Crippen molar-refractivity contribution in [2.45, 2.75) is 45.6 Å². The Balaban J connectivity index is 1.92. The number of nitrogens with zero attached hydrogens (tertiary/aromatic N) is 1. The Bertz CT molecular complexity index is 571. The van der Waals surface area contributed by atoms with Crippen LogP contribution in [0, 0.1) is 17.7 Å². The van der Waals surface area contributed by atoms with Gasteiger partial charge in [-0.15, -0.1) is 0 Å². The van der Waals surface area contributed by atoms with Crippen LogP contribution in [0.25, 0.3) is 0 Å². The summed E-state index contributed by atoms with van der Waals surface area (Å²) in [6, 6.07) is 6.61. The molecule has 1 aliphatic rings. The minimum absolute atomic E-state index is 0.0111. The molecule has 0 bridgehead atoms. The van der Waals surface area contributed by atoms with Gasteiger partial charge >= 0.3 is 5.97 Å². The number of carboxylic acids is 1. The van der Waals surface area contributed by atoms with E-state index < -0.39 is 11.9 Å². The van der Waals surface area contributed by atoms with Crippen molar-refractivity contribution in [3.63, 3.8) is 0 Å². The molecule has 0 spiro atoms. The average molecular weight is 321 g/mol. The fourth-order valence-corrected chi connectivity index (χ4v) is 2.66. The molecule has 1 N–H and O–H groups in total. The van der Waals surface area contributed by atoms with Gasteiger partial charge in [0.05, 0.1) is 5.92 Å². The smallest absolute Gasteiger partial charge is 0.308 e.